The molecule has 1 aliphatic heterocycles. The number of β-amino-alcohol motifs (C(OH)–C–C–N with tert-alkyl or cyclic N) is 1. The minimum absolute atomic E-state index is 0.250. The Morgan fingerprint density at radius 1 is 1.48 bits per heavy atom. The minimum Gasteiger partial charge on any atom is -0.491 e. The maximum Gasteiger partial charge on any atom is 0.119 e. The second kappa shape index (κ2) is 7.99. The first kappa shape index (κ1) is 15.8. The molecule has 1 heterocycles. The molecule has 1 fully saturated rings. The molecule has 21 heavy (non-hydrogen) atoms. The van der Waals surface area contributed by atoms with Crippen molar-refractivity contribution in [2.45, 2.75) is 25.5 Å². The first-order valence-electron chi connectivity index (χ1n) is 7.35. The monoisotopic (exact) mass is 290 g/mol. The van der Waals surface area contributed by atoms with Gasteiger partial charge in [-0.3, -0.25) is 4.90 Å². The number of morpholine rings is 1. The van der Waals surface area contributed by atoms with Gasteiger partial charge in [-0.15, -0.1) is 0 Å². The quantitative estimate of drug-likeness (QED) is 0.858. The molecule has 0 saturated carbocycles. The SMILES string of the molecule is CCC1COCCN1CC(O)COc1ccc(C#N)cc1. The summed E-state index contributed by atoms with van der Waals surface area (Å²) in [6, 6.07) is 9.34. The number of benzene rings is 1. The molecule has 0 amide bonds. The highest BCUT2D eigenvalue weighted by atomic mass is 16.5. The van der Waals surface area contributed by atoms with Crippen LogP contribution < -0.4 is 4.74 Å². The molecule has 0 spiro atoms. The van der Waals surface area contributed by atoms with Crippen LogP contribution in [0.4, 0.5) is 0 Å². The summed E-state index contributed by atoms with van der Waals surface area (Å²) in [5, 5.41) is 18.8. The average molecular weight is 290 g/mol. The van der Waals surface area contributed by atoms with Crippen molar-refractivity contribution in [2.24, 2.45) is 0 Å². The molecular weight excluding hydrogens is 268 g/mol. The van der Waals surface area contributed by atoms with Crippen molar-refractivity contribution < 1.29 is 14.6 Å². The molecule has 0 aliphatic carbocycles. The third-order valence-corrected chi connectivity index (χ3v) is 3.69. The Labute approximate surface area is 125 Å². The van der Waals surface area contributed by atoms with Crippen LogP contribution in [0.1, 0.15) is 18.9 Å². The Balaban J connectivity index is 1.78. The van der Waals surface area contributed by atoms with Crippen molar-refractivity contribution >= 4 is 0 Å². The van der Waals surface area contributed by atoms with Crippen molar-refractivity contribution in [1.29, 1.82) is 5.26 Å². The zero-order valence-corrected chi connectivity index (χ0v) is 12.4. The van der Waals surface area contributed by atoms with Gasteiger partial charge in [0.05, 0.1) is 24.8 Å². The van der Waals surface area contributed by atoms with E-state index in [1.165, 1.54) is 0 Å². The van der Waals surface area contributed by atoms with Crippen LogP contribution in [-0.4, -0.2) is 55.1 Å². The van der Waals surface area contributed by atoms with Gasteiger partial charge in [-0.1, -0.05) is 6.92 Å². The predicted octanol–water partition coefficient (Wildman–Crippen LogP) is 1.41. The average Bonchev–Trinajstić information content (AvgIpc) is 2.54. The highest BCUT2D eigenvalue weighted by Crippen LogP contribution is 2.13. The van der Waals surface area contributed by atoms with Crippen LogP contribution in [0, 0.1) is 11.3 Å². The van der Waals surface area contributed by atoms with E-state index in [0.29, 0.717) is 23.9 Å². The second-order valence-electron chi connectivity index (χ2n) is 5.23. The molecule has 1 N–H and O–H groups in total. The zero-order chi connectivity index (χ0) is 15.1. The zero-order valence-electron chi connectivity index (χ0n) is 12.4. The summed E-state index contributed by atoms with van der Waals surface area (Å²) >= 11 is 0. The van der Waals surface area contributed by atoms with Gasteiger partial charge in [-0.2, -0.15) is 5.26 Å². The molecule has 1 aliphatic rings. The summed E-state index contributed by atoms with van der Waals surface area (Å²) in [4.78, 5) is 2.26. The number of hydrogen-bond acceptors (Lipinski definition) is 5. The van der Waals surface area contributed by atoms with Gasteiger partial charge in [-0.05, 0) is 30.7 Å². The molecule has 0 bridgehead atoms. The number of hydrogen-bond donors (Lipinski definition) is 1. The predicted molar refractivity (Wildman–Crippen MR) is 79.1 cm³/mol. The highest BCUT2D eigenvalue weighted by Gasteiger charge is 2.23. The van der Waals surface area contributed by atoms with Gasteiger partial charge in [0, 0.05) is 19.1 Å². The molecule has 2 rings (SSSR count). The maximum absolute atomic E-state index is 10.1. The lowest BCUT2D eigenvalue weighted by Crippen LogP contribution is -2.49. The Morgan fingerprint density at radius 3 is 2.90 bits per heavy atom. The smallest absolute Gasteiger partial charge is 0.119 e. The number of rotatable bonds is 6. The fraction of sp³-hybridized carbons (Fsp3) is 0.562. The fourth-order valence-corrected chi connectivity index (χ4v) is 2.45. The van der Waals surface area contributed by atoms with E-state index in [0.717, 1.165) is 26.2 Å². The third kappa shape index (κ3) is 4.71. The fourth-order valence-electron chi connectivity index (χ4n) is 2.45. The molecule has 1 saturated heterocycles. The van der Waals surface area contributed by atoms with E-state index < -0.39 is 6.10 Å². The van der Waals surface area contributed by atoms with Crippen LogP contribution in [0.25, 0.3) is 0 Å². The lowest BCUT2D eigenvalue weighted by atomic mass is 10.1. The van der Waals surface area contributed by atoms with Gasteiger partial charge in [0.2, 0.25) is 0 Å². The minimum atomic E-state index is -0.534. The molecule has 2 atom stereocenters. The van der Waals surface area contributed by atoms with E-state index in [4.69, 9.17) is 14.7 Å². The number of aliphatic hydroxyl groups is 1. The van der Waals surface area contributed by atoms with E-state index in [9.17, 15) is 5.11 Å². The van der Waals surface area contributed by atoms with Crippen LogP contribution in [0.3, 0.4) is 0 Å². The largest absolute Gasteiger partial charge is 0.491 e. The van der Waals surface area contributed by atoms with Crippen LogP contribution in [0.15, 0.2) is 24.3 Å². The van der Waals surface area contributed by atoms with Crippen LogP contribution in [-0.2, 0) is 4.74 Å². The first-order chi connectivity index (χ1) is 10.2. The Kier molecular flexibility index (Phi) is 6.00. The van der Waals surface area contributed by atoms with Crippen molar-refractivity contribution in [3.63, 3.8) is 0 Å². The molecule has 0 radical (unpaired) electrons. The number of aliphatic hydroxyl groups excluding tert-OH is 1. The molecule has 5 nitrogen and oxygen atoms in total. The van der Waals surface area contributed by atoms with Gasteiger partial charge in [0.25, 0.3) is 0 Å². The normalized spacial score (nSPS) is 20.7. The molecule has 114 valence electrons. The Hall–Kier alpha value is -1.61. The summed E-state index contributed by atoms with van der Waals surface area (Å²) in [7, 11) is 0. The Morgan fingerprint density at radius 2 is 2.24 bits per heavy atom. The van der Waals surface area contributed by atoms with E-state index in [2.05, 4.69) is 17.9 Å². The van der Waals surface area contributed by atoms with E-state index in [1.54, 1.807) is 24.3 Å². The Bertz CT molecular complexity index is 469. The summed E-state index contributed by atoms with van der Waals surface area (Å²) < 4.78 is 11.0. The van der Waals surface area contributed by atoms with Gasteiger partial charge < -0.3 is 14.6 Å². The molecular formula is C16H22N2O3. The van der Waals surface area contributed by atoms with Gasteiger partial charge in [-0.25, -0.2) is 0 Å². The lowest BCUT2D eigenvalue weighted by Gasteiger charge is -2.36. The number of nitriles is 1. The van der Waals surface area contributed by atoms with Crippen molar-refractivity contribution in [1.82, 2.24) is 4.90 Å². The second-order valence-corrected chi connectivity index (χ2v) is 5.23. The van der Waals surface area contributed by atoms with Crippen LogP contribution >= 0.6 is 0 Å². The maximum atomic E-state index is 10.1. The van der Waals surface area contributed by atoms with Gasteiger partial charge in [0.1, 0.15) is 18.5 Å². The topological polar surface area (TPSA) is 65.7 Å². The summed E-state index contributed by atoms with van der Waals surface area (Å²) in [5.41, 5.74) is 0.599. The van der Waals surface area contributed by atoms with E-state index in [-0.39, 0.29) is 6.61 Å². The molecule has 1 aromatic rings. The highest BCUT2D eigenvalue weighted by molar-refractivity contribution is 5.34. The first-order valence-corrected chi connectivity index (χ1v) is 7.35. The summed E-state index contributed by atoms with van der Waals surface area (Å²) in [6.07, 6.45) is 0.483. The summed E-state index contributed by atoms with van der Waals surface area (Å²) in [6.45, 7) is 5.29. The van der Waals surface area contributed by atoms with Crippen molar-refractivity contribution in [3.8, 4) is 11.8 Å². The van der Waals surface area contributed by atoms with Crippen molar-refractivity contribution in [3.05, 3.63) is 29.8 Å². The molecule has 1 aromatic carbocycles. The molecule has 0 aromatic heterocycles. The lowest BCUT2D eigenvalue weighted by molar-refractivity contribution is -0.0333. The van der Waals surface area contributed by atoms with Crippen LogP contribution in [0.5, 0.6) is 5.75 Å². The third-order valence-electron chi connectivity index (χ3n) is 3.69. The van der Waals surface area contributed by atoms with E-state index in [1.807, 2.05) is 0 Å². The number of nitrogens with zero attached hydrogens (tertiary/aromatic N) is 2. The molecule has 5 heteroatoms. The van der Waals surface area contributed by atoms with Gasteiger partial charge in [0.15, 0.2) is 0 Å². The molecule has 2 unspecified atom stereocenters. The number of ether oxygens (including phenoxy) is 2. The van der Waals surface area contributed by atoms with Gasteiger partial charge >= 0.3 is 0 Å². The standard InChI is InChI=1S/C16H22N2O3/c1-2-14-11-20-8-7-18(14)10-15(19)12-21-16-5-3-13(9-17)4-6-16/h3-6,14-15,19H,2,7-8,10-12H2,1H3. The summed E-state index contributed by atoms with van der Waals surface area (Å²) in [5.74, 6) is 0.669. The van der Waals surface area contributed by atoms with Crippen LogP contribution in [0.2, 0.25) is 0 Å². The van der Waals surface area contributed by atoms with Crippen molar-refractivity contribution in [2.75, 3.05) is 32.9 Å². The van der Waals surface area contributed by atoms with E-state index >= 15 is 0 Å².